The minimum absolute atomic E-state index is 0.00587. The van der Waals surface area contributed by atoms with Gasteiger partial charge in [0.2, 0.25) is 106 Å². The van der Waals surface area contributed by atoms with E-state index in [0.717, 1.165) is 4.90 Å². The van der Waals surface area contributed by atoms with Crippen molar-refractivity contribution in [2.24, 2.45) is 87.5 Å². The zero-order valence-corrected chi connectivity index (χ0v) is 85.3. The molecule has 1 saturated heterocycles. The van der Waals surface area contributed by atoms with E-state index in [1.807, 2.05) is 111 Å². The highest BCUT2D eigenvalue weighted by Gasteiger charge is 2.43. The number of hydrogen-bond acceptors (Lipinski definition) is 25. The zero-order valence-electron chi connectivity index (χ0n) is 85.3. The minimum Gasteiger partial charge on any atom is -0.353 e. The topological polar surface area (TPSA) is 685 Å². The number of carbonyl (C=O) groups is 18. The SMILES string of the molecule is CC(C)C[C@H](NC(=O)[C@H](CCCCN)NC(=O)[C@H](CC(C)C)NC(=O)[C@H](CC(C)C)NC(=O)[C@H](CCCCN)NC(=O)[C@H](CCCCN)NC(=O)[C@H](CC(C)C)NC(=O)[C@H](CC(C)C)NC(=O)[C@H](CCCCN)NC(=O)[C@H](CC(C)C)NC(=O)[C@H](CC(C)C)NC(=O)[C@H](CCCCN)NC(=O)[C@H](CCCCN)NC(=O)[C@H](CC(C)C)N1C(=O)CCC1=O)C(=O)N[C@@H](C)C(=O)NCC(=O)NCCN. The first-order valence-corrected chi connectivity index (χ1v) is 50.2. The highest BCUT2D eigenvalue weighted by Crippen LogP contribution is 2.24. The molecule has 1 rings (SSSR count). The first kappa shape index (κ1) is 125. The molecular formula is C95H178N24O18. The van der Waals surface area contributed by atoms with Gasteiger partial charge in [0.25, 0.3) is 0 Å². The molecule has 0 aromatic heterocycles. The Morgan fingerprint density at radius 2 is 0.409 bits per heavy atom. The second-order valence-corrected chi connectivity index (χ2v) is 39.8. The van der Waals surface area contributed by atoms with Crippen LogP contribution < -0.4 is 125 Å². The molecule has 0 spiro atoms. The van der Waals surface area contributed by atoms with E-state index in [4.69, 9.17) is 40.1 Å². The monoisotopic (exact) mass is 1940 g/mol. The lowest BCUT2D eigenvalue weighted by molar-refractivity contribution is -0.148. The van der Waals surface area contributed by atoms with Crippen molar-refractivity contribution in [3.05, 3.63) is 0 Å². The number of imide groups is 1. The van der Waals surface area contributed by atoms with E-state index in [-0.39, 0.29) is 209 Å². The van der Waals surface area contributed by atoms with E-state index < -0.39 is 197 Å². The van der Waals surface area contributed by atoms with Gasteiger partial charge in [0.15, 0.2) is 0 Å². The van der Waals surface area contributed by atoms with Crippen molar-refractivity contribution in [2.75, 3.05) is 58.9 Å². The molecule has 0 bridgehead atoms. The molecule has 0 saturated carbocycles. The molecule has 0 unspecified atom stereocenters. The van der Waals surface area contributed by atoms with Gasteiger partial charge < -0.3 is 125 Å². The van der Waals surface area contributed by atoms with Crippen LogP contribution in [0, 0.1) is 47.3 Å². The number of amides is 18. The largest absolute Gasteiger partial charge is 0.353 e. The molecule has 0 aromatic carbocycles. The van der Waals surface area contributed by atoms with E-state index >= 15 is 0 Å². The second-order valence-electron chi connectivity index (χ2n) is 39.8. The normalized spacial score (nSPS) is 15.5. The van der Waals surface area contributed by atoms with Crippen molar-refractivity contribution in [2.45, 2.75) is 388 Å². The Morgan fingerprint density at radius 3 is 0.599 bits per heavy atom. The maximum Gasteiger partial charge on any atom is 0.243 e. The summed E-state index contributed by atoms with van der Waals surface area (Å²) < 4.78 is 0. The van der Waals surface area contributed by atoms with Crippen LogP contribution in [0.4, 0.5) is 0 Å². The lowest BCUT2D eigenvalue weighted by Crippen LogP contribution is -2.61. The van der Waals surface area contributed by atoms with Crippen LogP contribution in [0.5, 0.6) is 0 Å². The molecule has 42 heteroatoms. The summed E-state index contributed by atoms with van der Waals surface area (Å²) in [4.78, 5) is 257. The summed E-state index contributed by atoms with van der Waals surface area (Å²) in [5.74, 6) is -14.5. The van der Waals surface area contributed by atoms with Crippen LogP contribution in [0.15, 0.2) is 0 Å². The molecule has 42 nitrogen and oxygen atoms in total. The summed E-state index contributed by atoms with van der Waals surface area (Å²) in [6.07, 6.45) is 5.34. The third kappa shape index (κ3) is 51.7. The quantitative estimate of drug-likeness (QED) is 0.0273. The van der Waals surface area contributed by atoms with Crippen LogP contribution >= 0.6 is 0 Å². The van der Waals surface area contributed by atoms with Gasteiger partial charge in [-0.25, -0.2) is 0 Å². The third-order valence-electron chi connectivity index (χ3n) is 22.9. The average molecular weight is 1940 g/mol. The molecule has 0 aromatic rings. The number of hydrogen-bond donors (Lipinski definition) is 23. The van der Waals surface area contributed by atoms with Gasteiger partial charge in [-0.2, -0.15) is 0 Å². The molecular weight excluding hydrogens is 1770 g/mol. The predicted octanol–water partition coefficient (Wildman–Crippen LogP) is -0.355. The molecule has 137 heavy (non-hydrogen) atoms. The first-order chi connectivity index (χ1) is 64.6. The average Bonchev–Trinajstić information content (AvgIpc) is 1.65. The number of nitrogens with two attached hydrogens (primary N) is 7. The Hall–Kier alpha value is -9.62. The summed E-state index contributed by atoms with van der Waals surface area (Å²) in [7, 11) is 0. The van der Waals surface area contributed by atoms with Crippen molar-refractivity contribution >= 4 is 106 Å². The number of carbonyl (C=O) groups excluding carboxylic acids is 18. The third-order valence-corrected chi connectivity index (χ3v) is 22.9. The van der Waals surface area contributed by atoms with E-state index in [1.54, 1.807) is 0 Å². The molecule has 786 valence electrons. The van der Waals surface area contributed by atoms with Gasteiger partial charge in [0.05, 0.1) is 6.54 Å². The fourth-order valence-electron chi connectivity index (χ4n) is 15.7. The van der Waals surface area contributed by atoms with Crippen molar-refractivity contribution in [1.82, 2.24) is 90.0 Å². The van der Waals surface area contributed by atoms with E-state index in [2.05, 4.69) is 85.1 Å². The predicted molar refractivity (Wildman–Crippen MR) is 526 cm³/mol. The maximum absolute atomic E-state index is 15.0. The summed E-state index contributed by atoms with van der Waals surface area (Å²) >= 11 is 0. The van der Waals surface area contributed by atoms with Gasteiger partial charge in [0.1, 0.15) is 90.6 Å². The molecule has 30 N–H and O–H groups in total. The van der Waals surface area contributed by atoms with Crippen molar-refractivity contribution in [1.29, 1.82) is 0 Å². The van der Waals surface area contributed by atoms with Crippen LogP contribution in [0.1, 0.15) is 297 Å². The molecule has 1 heterocycles. The molecule has 18 amide bonds. The summed E-state index contributed by atoms with van der Waals surface area (Å²) in [6, 6.07) is -19.2. The van der Waals surface area contributed by atoms with Crippen LogP contribution in [0.25, 0.3) is 0 Å². The fraction of sp³-hybridized carbons (Fsp3) is 0.811. The Balaban J connectivity index is 3.80. The lowest BCUT2D eigenvalue weighted by atomic mass is 9.98. The molecule has 15 atom stereocenters. The number of unbranched alkanes of at least 4 members (excludes halogenated alkanes) is 6. The van der Waals surface area contributed by atoms with E-state index in [1.165, 1.54) is 6.92 Å². The highest BCUT2D eigenvalue weighted by molar-refractivity contribution is 6.07. The van der Waals surface area contributed by atoms with Crippen molar-refractivity contribution in [3.63, 3.8) is 0 Å². The van der Waals surface area contributed by atoms with E-state index in [0.29, 0.717) is 77.0 Å². The van der Waals surface area contributed by atoms with Gasteiger partial charge in [-0.1, -0.05) is 111 Å². The lowest BCUT2D eigenvalue weighted by Gasteiger charge is -2.30. The molecule has 1 fully saturated rings. The van der Waals surface area contributed by atoms with Gasteiger partial charge in [-0.05, 0) is 260 Å². The van der Waals surface area contributed by atoms with Crippen LogP contribution in [0.3, 0.4) is 0 Å². The van der Waals surface area contributed by atoms with Crippen molar-refractivity contribution in [3.8, 4) is 0 Å². The Bertz CT molecular complexity index is 3720. The standard InChI is InChI=1S/C95H178N24O18/c1-55(2)46-70(88(130)105-63(17)81(123)104-54-78(120)103-45-44-102)112-86(128)67(33-21-27-41-99)109-90(132)72(48-57(5)6)117-92(134)74(50-59(9)10)113-84(126)65(31-19-25-39-97)106-82(124)64(30-18-24-38-96)108-89(131)71(47-56(3)4)116-94(136)76(52-61(13)14)115-87(129)68(34-22-28-42-100)110-91(133)73(49-58(7)8)118-93(135)75(51-60(11)12)114-85(127)66(32-20-26-40-98)107-83(125)69(35-23-29-43-101)111-95(137)77(53-62(15)16)119-79(121)36-37-80(119)122/h55-77H,18-54,96-102H2,1-17H3,(H,103,120)(H,104,123)(H,105,130)(H,106,124)(H,107,125)(H,108,131)(H,109,132)(H,110,133)(H,111,137)(H,112,128)(H,113,126)(H,114,127)(H,115,129)(H,116,136)(H,117,134)(H,118,135)/t63-,64-,65-,66-,67-,68-,69-,70-,71-,72-,73-,74-,75-,76-,77-/m0/s1. The Kier molecular flexibility index (Phi) is 63.4. The van der Waals surface area contributed by atoms with E-state index in [9.17, 15) is 86.3 Å². The summed E-state index contributed by atoms with van der Waals surface area (Å²) in [5.41, 5.74) is 40.9. The molecule has 0 radical (unpaired) electrons. The summed E-state index contributed by atoms with van der Waals surface area (Å²) in [6.45, 7) is 32.0. The number of nitrogens with one attached hydrogen (secondary N) is 16. The van der Waals surface area contributed by atoms with Crippen LogP contribution in [-0.4, -0.2) is 261 Å². The Morgan fingerprint density at radius 1 is 0.226 bits per heavy atom. The fourth-order valence-corrected chi connectivity index (χ4v) is 15.7. The van der Waals surface area contributed by atoms with Crippen molar-refractivity contribution < 1.29 is 86.3 Å². The first-order valence-electron chi connectivity index (χ1n) is 50.2. The molecule has 1 aliphatic rings. The smallest absolute Gasteiger partial charge is 0.243 e. The Labute approximate surface area is 813 Å². The second kappa shape index (κ2) is 69.2. The summed E-state index contributed by atoms with van der Waals surface area (Å²) in [5, 5.41) is 44.2. The van der Waals surface area contributed by atoms with Crippen LogP contribution in [-0.2, 0) is 86.3 Å². The zero-order chi connectivity index (χ0) is 104. The maximum atomic E-state index is 15.0. The number of likely N-dealkylation sites (tertiary alicyclic amines) is 1. The number of rotatable bonds is 74. The van der Waals surface area contributed by atoms with Crippen LogP contribution in [0.2, 0.25) is 0 Å². The molecule has 0 aliphatic carbocycles. The highest BCUT2D eigenvalue weighted by atomic mass is 16.2. The van der Waals surface area contributed by atoms with Gasteiger partial charge in [-0.15, -0.1) is 0 Å². The van der Waals surface area contributed by atoms with Gasteiger partial charge in [0, 0.05) is 25.9 Å². The van der Waals surface area contributed by atoms with Gasteiger partial charge in [-0.3, -0.25) is 91.2 Å². The minimum atomic E-state index is -1.35. The van der Waals surface area contributed by atoms with Gasteiger partial charge >= 0.3 is 0 Å². The number of nitrogens with zero attached hydrogens (tertiary/aromatic N) is 1. The molecule has 1 aliphatic heterocycles.